The molecular weight excluding hydrogens is 469 g/mol. The van der Waals surface area contributed by atoms with Gasteiger partial charge in [0, 0.05) is 18.8 Å². The van der Waals surface area contributed by atoms with Crippen LogP contribution >= 0.6 is 0 Å². The molecule has 3 amide bonds. The molecule has 186 valence electrons. The highest BCUT2D eigenvalue weighted by atomic mass is 19.1. The fourth-order valence-electron chi connectivity index (χ4n) is 4.35. The Balaban J connectivity index is 1.40. The molecule has 3 heterocycles. The Labute approximate surface area is 206 Å². The van der Waals surface area contributed by atoms with Crippen LogP contribution < -0.4 is 5.32 Å². The second kappa shape index (κ2) is 10.2. The molecule has 3 aromatic rings. The molecule has 2 aliphatic heterocycles. The molecule has 0 spiro atoms. The highest BCUT2D eigenvalue weighted by Gasteiger charge is 2.48. The molecule has 0 unspecified atom stereocenters. The summed E-state index contributed by atoms with van der Waals surface area (Å²) in [5.74, 6) is -0.921. The summed E-state index contributed by atoms with van der Waals surface area (Å²) in [5.41, 5.74) is 1.65. The van der Waals surface area contributed by atoms with Crippen LogP contribution in [0.1, 0.15) is 27.8 Å². The van der Waals surface area contributed by atoms with Crippen LogP contribution in [-0.2, 0) is 20.8 Å². The van der Waals surface area contributed by atoms with Crippen molar-refractivity contribution in [2.75, 3.05) is 31.6 Å². The smallest absolute Gasteiger partial charge is 0.411 e. The molecule has 2 aromatic carbocycles. The normalized spacial score (nSPS) is 19.8. The van der Waals surface area contributed by atoms with Crippen molar-refractivity contribution < 1.29 is 32.7 Å². The van der Waals surface area contributed by atoms with Crippen LogP contribution in [-0.4, -0.2) is 60.1 Å². The summed E-state index contributed by atoms with van der Waals surface area (Å²) >= 11 is 0. The van der Waals surface area contributed by atoms with Gasteiger partial charge >= 0.3 is 6.09 Å². The molecular formula is C26H24FN3O6. The largest absolute Gasteiger partial charge is 0.459 e. The third kappa shape index (κ3) is 4.94. The molecule has 1 N–H and O–H groups in total. The third-order valence-corrected chi connectivity index (χ3v) is 6.14. The molecule has 2 aliphatic rings. The quantitative estimate of drug-likeness (QED) is 0.563. The molecule has 9 nitrogen and oxygen atoms in total. The molecule has 36 heavy (non-hydrogen) atoms. The van der Waals surface area contributed by atoms with Crippen LogP contribution in [0.25, 0.3) is 0 Å². The Morgan fingerprint density at radius 1 is 1.03 bits per heavy atom. The maximum atomic E-state index is 13.8. The molecule has 5 rings (SSSR count). The van der Waals surface area contributed by atoms with Crippen molar-refractivity contribution in [2.24, 2.45) is 0 Å². The molecule has 2 atom stereocenters. The second-order valence-corrected chi connectivity index (χ2v) is 8.50. The minimum atomic E-state index is -0.942. The number of anilines is 1. The number of cyclic esters (lactones) is 1. The summed E-state index contributed by atoms with van der Waals surface area (Å²) in [7, 11) is 0. The highest BCUT2D eigenvalue weighted by Crippen LogP contribution is 2.35. The fourth-order valence-corrected chi connectivity index (χ4v) is 4.35. The Morgan fingerprint density at radius 2 is 1.81 bits per heavy atom. The van der Waals surface area contributed by atoms with Crippen molar-refractivity contribution in [2.45, 2.75) is 18.7 Å². The van der Waals surface area contributed by atoms with Crippen LogP contribution in [0, 0.1) is 5.82 Å². The number of ether oxygens (including phenoxy) is 2. The predicted octanol–water partition coefficient (Wildman–Crippen LogP) is 3.59. The van der Waals surface area contributed by atoms with Crippen LogP contribution in [0.15, 0.2) is 71.3 Å². The van der Waals surface area contributed by atoms with Crippen molar-refractivity contribution in [3.05, 3.63) is 89.6 Å². The Hall–Kier alpha value is -4.18. The number of nitrogens with zero attached hydrogens (tertiary/aromatic N) is 2. The van der Waals surface area contributed by atoms with Gasteiger partial charge in [-0.15, -0.1) is 0 Å². The van der Waals surface area contributed by atoms with Gasteiger partial charge in [-0.3, -0.25) is 14.5 Å². The Bertz CT molecular complexity index is 1240. The molecule has 0 aliphatic carbocycles. The van der Waals surface area contributed by atoms with Gasteiger partial charge in [-0.25, -0.2) is 9.18 Å². The van der Waals surface area contributed by atoms with Crippen molar-refractivity contribution in [1.29, 1.82) is 0 Å². The molecule has 0 bridgehead atoms. The lowest BCUT2D eigenvalue weighted by Gasteiger charge is -2.32. The van der Waals surface area contributed by atoms with Gasteiger partial charge in [0.2, 0.25) is 5.91 Å². The number of benzene rings is 2. The number of rotatable bonds is 6. The number of furan rings is 1. The van der Waals surface area contributed by atoms with E-state index in [-0.39, 0.29) is 18.2 Å². The van der Waals surface area contributed by atoms with E-state index in [4.69, 9.17) is 13.9 Å². The SMILES string of the molecule is O=C(Nc1ccc([C@H]2OC(=O)N(Cc3cccc(F)c3)[C@H]2C(=O)N2CCOCC2)cc1)c1ccco1. The fraction of sp³-hybridized carbons (Fsp3) is 0.269. The zero-order valence-electron chi connectivity index (χ0n) is 19.3. The van der Waals surface area contributed by atoms with Crippen molar-refractivity contribution in [3.8, 4) is 0 Å². The zero-order chi connectivity index (χ0) is 25.1. The first-order valence-corrected chi connectivity index (χ1v) is 11.5. The van der Waals surface area contributed by atoms with Gasteiger partial charge in [-0.1, -0.05) is 24.3 Å². The first kappa shape index (κ1) is 23.6. The average Bonchev–Trinajstić information content (AvgIpc) is 3.54. The number of amides is 3. The van der Waals surface area contributed by atoms with E-state index in [0.717, 1.165) is 0 Å². The first-order valence-electron chi connectivity index (χ1n) is 11.5. The van der Waals surface area contributed by atoms with Crippen LogP contribution in [0.4, 0.5) is 14.9 Å². The number of halogens is 1. The van der Waals surface area contributed by atoms with Crippen LogP contribution in [0.3, 0.4) is 0 Å². The van der Waals surface area contributed by atoms with E-state index >= 15 is 0 Å². The lowest BCUT2D eigenvalue weighted by molar-refractivity contribution is -0.141. The highest BCUT2D eigenvalue weighted by molar-refractivity contribution is 6.02. The Kier molecular flexibility index (Phi) is 6.68. The van der Waals surface area contributed by atoms with E-state index in [1.807, 2.05) is 0 Å². The average molecular weight is 493 g/mol. The van der Waals surface area contributed by atoms with E-state index in [0.29, 0.717) is 43.1 Å². The van der Waals surface area contributed by atoms with E-state index in [1.54, 1.807) is 53.4 Å². The van der Waals surface area contributed by atoms with Crippen molar-refractivity contribution >= 4 is 23.6 Å². The van der Waals surface area contributed by atoms with Gasteiger partial charge in [0.25, 0.3) is 5.91 Å². The molecule has 0 radical (unpaired) electrons. The van der Waals surface area contributed by atoms with Gasteiger partial charge in [-0.2, -0.15) is 0 Å². The van der Waals surface area contributed by atoms with E-state index < -0.39 is 30.0 Å². The number of carbonyl (C=O) groups is 3. The van der Waals surface area contributed by atoms with Crippen molar-refractivity contribution in [3.63, 3.8) is 0 Å². The van der Waals surface area contributed by atoms with Crippen molar-refractivity contribution in [1.82, 2.24) is 9.80 Å². The predicted molar refractivity (Wildman–Crippen MR) is 125 cm³/mol. The first-order chi connectivity index (χ1) is 17.5. The standard InChI is InChI=1S/C26H24FN3O6/c27-19-4-1-3-17(15-19)16-30-22(25(32)29-10-13-34-14-11-29)23(36-26(30)33)18-6-8-20(9-7-18)28-24(31)21-5-2-12-35-21/h1-9,12,15,22-23H,10-11,13-14,16H2,(H,28,31)/t22-,23-/m1/s1. The number of morpholine rings is 1. The number of carbonyl (C=O) groups excluding carboxylic acids is 3. The number of nitrogens with one attached hydrogen (secondary N) is 1. The third-order valence-electron chi connectivity index (χ3n) is 6.14. The molecule has 2 saturated heterocycles. The lowest BCUT2D eigenvalue weighted by atomic mass is 9.99. The van der Waals surface area contributed by atoms with Gasteiger partial charge in [0.1, 0.15) is 5.82 Å². The molecule has 2 fully saturated rings. The minimum Gasteiger partial charge on any atom is -0.459 e. The topological polar surface area (TPSA) is 101 Å². The maximum Gasteiger partial charge on any atom is 0.411 e. The molecule has 10 heteroatoms. The van der Waals surface area contributed by atoms with E-state index in [1.165, 1.54) is 23.3 Å². The molecule has 0 saturated carbocycles. The minimum absolute atomic E-state index is 0.0190. The summed E-state index contributed by atoms with van der Waals surface area (Å²) in [4.78, 5) is 41.8. The monoisotopic (exact) mass is 493 g/mol. The summed E-state index contributed by atoms with van der Waals surface area (Å²) in [6.45, 7) is 1.65. The summed E-state index contributed by atoms with van der Waals surface area (Å²) in [6.07, 6.45) is -0.129. The Morgan fingerprint density at radius 3 is 2.50 bits per heavy atom. The van der Waals surface area contributed by atoms with Gasteiger partial charge in [0.05, 0.1) is 26.0 Å². The number of hydrogen-bond donors (Lipinski definition) is 1. The zero-order valence-corrected chi connectivity index (χ0v) is 19.3. The second-order valence-electron chi connectivity index (χ2n) is 8.50. The van der Waals surface area contributed by atoms with Gasteiger partial charge < -0.3 is 24.1 Å². The molecule has 1 aromatic heterocycles. The van der Waals surface area contributed by atoms with E-state index in [9.17, 15) is 18.8 Å². The van der Waals surface area contributed by atoms with Crippen LogP contribution in [0.2, 0.25) is 0 Å². The van der Waals surface area contributed by atoms with Gasteiger partial charge in [-0.05, 0) is 47.5 Å². The lowest BCUT2D eigenvalue weighted by Crippen LogP contribution is -2.51. The summed E-state index contributed by atoms with van der Waals surface area (Å²) in [5, 5.41) is 2.73. The van der Waals surface area contributed by atoms with Gasteiger partial charge in [0.15, 0.2) is 17.9 Å². The maximum absolute atomic E-state index is 13.8. The van der Waals surface area contributed by atoms with E-state index in [2.05, 4.69) is 5.32 Å². The summed E-state index contributed by atoms with van der Waals surface area (Å²) in [6, 6.07) is 14.8. The van der Waals surface area contributed by atoms with Crippen LogP contribution in [0.5, 0.6) is 0 Å². The summed E-state index contributed by atoms with van der Waals surface area (Å²) < 4.78 is 29.9. The number of hydrogen-bond acceptors (Lipinski definition) is 6.